The van der Waals surface area contributed by atoms with Crippen LogP contribution in [-0.4, -0.2) is 44.4 Å². The molecule has 1 fully saturated rings. The maximum absolute atomic E-state index is 14.0. The Labute approximate surface area is 197 Å². The van der Waals surface area contributed by atoms with E-state index >= 15 is 0 Å². The van der Waals surface area contributed by atoms with Gasteiger partial charge < -0.3 is 9.47 Å². The molecule has 1 atom stereocenters. The van der Waals surface area contributed by atoms with Crippen molar-refractivity contribution in [3.05, 3.63) is 70.8 Å². The van der Waals surface area contributed by atoms with E-state index in [1.165, 1.54) is 12.1 Å². The summed E-state index contributed by atoms with van der Waals surface area (Å²) in [6, 6.07) is 13.5. The van der Waals surface area contributed by atoms with Crippen LogP contribution >= 0.6 is 0 Å². The first-order valence-electron chi connectivity index (χ1n) is 11.2. The van der Waals surface area contributed by atoms with Gasteiger partial charge in [0, 0.05) is 42.4 Å². The van der Waals surface area contributed by atoms with Crippen molar-refractivity contribution >= 4 is 21.9 Å². The lowest BCUT2D eigenvalue weighted by Crippen LogP contribution is -2.21. The molecular formula is C25H21F2N5O3. The molecule has 2 aromatic carbocycles. The lowest BCUT2D eigenvalue weighted by atomic mass is 10.0. The van der Waals surface area contributed by atoms with Gasteiger partial charge in [0.05, 0.1) is 23.3 Å². The molecular weight excluding hydrogens is 456 g/mol. The summed E-state index contributed by atoms with van der Waals surface area (Å²) >= 11 is 0. The van der Waals surface area contributed by atoms with E-state index in [2.05, 4.69) is 20.0 Å². The first-order chi connectivity index (χ1) is 17.0. The number of aromatic nitrogens is 5. The Morgan fingerprint density at radius 2 is 1.97 bits per heavy atom. The van der Waals surface area contributed by atoms with E-state index in [0.29, 0.717) is 35.5 Å². The number of alkyl halides is 2. The van der Waals surface area contributed by atoms with Gasteiger partial charge in [0.1, 0.15) is 11.3 Å². The molecule has 0 radical (unpaired) electrons. The molecule has 8 nitrogen and oxygen atoms in total. The van der Waals surface area contributed by atoms with Crippen LogP contribution in [0.25, 0.3) is 38.8 Å². The zero-order valence-corrected chi connectivity index (χ0v) is 18.7. The summed E-state index contributed by atoms with van der Waals surface area (Å²) in [4.78, 5) is 14.0. The second kappa shape index (κ2) is 8.31. The molecule has 0 saturated carbocycles. The summed E-state index contributed by atoms with van der Waals surface area (Å²) < 4.78 is 38.7. The molecule has 10 heteroatoms. The Morgan fingerprint density at radius 1 is 1.14 bits per heavy atom. The summed E-state index contributed by atoms with van der Waals surface area (Å²) in [5, 5.41) is 12.9. The van der Waals surface area contributed by atoms with Gasteiger partial charge in [-0.3, -0.25) is 19.1 Å². The number of nitrogens with zero attached hydrogens (tertiary/aromatic N) is 4. The second-order valence-electron chi connectivity index (χ2n) is 8.58. The van der Waals surface area contributed by atoms with Crippen LogP contribution in [0.5, 0.6) is 5.75 Å². The van der Waals surface area contributed by atoms with Crippen molar-refractivity contribution < 1.29 is 18.3 Å². The highest BCUT2D eigenvalue weighted by molar-refractivity contribution is 5.88. The summed E-state index contributed by atoms with van der Waals surface area (Å²) in [6.45, 7) is -1.76. The van der Waals surface area contributed by atoms with Gasteiger partial charge >= 0.3 is 6.61 Å². The molecule has 0 aliphatic carbocycles. The quantitative estimate of drug-likeness (QED) is 0.406. The maximum Gasteiger partial charge on any atom is 0.387 e. The summed E-state index contributed by atoms with van der Waals surface area (Å²) in [5.41, 5.74) is 4.40. The molecule has 5 aromatic rings. The molecule has 1 saturated heterocycles. The predicted octanol–water partition coefficient (Wildman–Crippen LogP) is 4.37. The van der Waals surface area contributed by atoms with Crippen molar-refractivity contribution in [1.29, 1.82) is 0 Å². The van der Waals surface area contributed by atoms with Crippen LogP contribution in [-0.2, 0) is 11.8 Å². The third kappa shape index (κ3) is 3.75. The minimum Gasteiger partial charge on any atom is -0.435 e. The van der Waals surface area contributed by atoms with Crippen molar-refractivity contribution in [3.8, 4) is 22.6 Å². The number of nitrogens with one attached hydrogen (secondary N) is 1. The van der Waals surface area contributed by atoms with Gasteiger partial charge in [-0.25, -0.2) is 0 Å². The van der Waals surface area contributed by atoms with Crippen LogP contribution in [0.2, 0.25) is 0 Å². The van der Waals surface area contributed by atoms with Crippen LogP contribution in [0.1, 0.15) is 18.0 Å². The fraction of sp³-hybridized carbons (Fsp3) is 0.240. The lowest BCUT2D eigenvalue weighted by molar-refractivity contribution is -0.0498. The number of hydrogen-bond donors (Lipinski definition) is 1. The van der Waals surface area contributed by atoms with Gasteiger partial charge in [0.25, 0.3) is 5.56 Å². The Balaban J connectivity index is 1.58. The molecule has 0 unspecified atom stereocenters. The molecule has 6 rings (SSSR count). The summed E-state index contributed by atoms with van der Waals surface area (Å²) in [7, 11) is 1.85. The molecule has 0 bridgehead atoms. The van der Waals surface area contributed by atoms with Crippen LogP contribution in [0.3, 0.4) is 0 Å². The number of halogens is 2. The number of benzene rings is 2. The lowest BCUT2D eigenvalue weighted by Gasteiger charge is -2.14. The standard InChI is InChI=1S/C25H21F2N5O3/c1-31-12-16-10-14(2-7-20(16)30-31)19-11-21-23(22(29-28-21)15-8-9-34-13-15)32(24(19)33)17-3-5-18(6-4-17)35-25(26)27/h2-7,10-12,15,25H,8-9,13H2,1H3,(H,28,29)/t15-/m1/s1. The van der Waals surface area contributed by atoms with E-state index in [-0.39, 0.29) is 17.2 Å². The highest BCUT2D eigenvalue weighted by Crippen LogP contribution is 2.32. The normalized spacial score (nSPS) is 16.1. The third-order valence-corrected chi connectivity index (χ3v) is 6.32. The zero-order valence-electron chi connectivity index (χ0n) is 18.7. The van der Waals surface area contributed by atoms with Crippen LogP contribution in [0.15, 0.2) is 59.5 Å². The zero-order chi connectivity index (χ0) is 24.1. The van der Waals surface area contributed by atoms with Crippen molar-refractivity contribution in [2.45, 2.75) is 19.0 Å². The van der Waals surface area contributed by atoms with Crippen molar-refractivity contribution in [1.82, 2.24) is 24.5 Å². The van der Waals surface area contributed by atoms with E-state index in [1.807, 2.05) is 31.4 Å². The molecule has 3 aromatic heterocycles. The van der Waals surface area contributed by atoms with Crippen LogP contribution < -0.4 is 10.3 Å². The first kappa shape index (κ1) is 21.5. The van der Waals surface area contributed by atoms with Crippen molar-refractivity contribution in [2.75, 3.05) is 13.2 Å². The first-order valence-corrected chi connectivity index (χ1v) is 11.2. The Morgan fingerprint density at radius 3 is 2.71 bits per heavy atom. The number of rotatable bonds is 5. The monoisotopic (exact) mass is 477 g/mol. The molecule has 1 aliphatic heterocycles. The topological polar surface area (TPSA) is 87.0 Å². The van der Waals surface area contributed by atoms with Gasteiger partial charge in [-0.05, 0) is 54.4 Å². The van der Waals surface area contributed by atoms with Crippen LogP contribution in [0.4, 0.5) is 8.78 Å². The largest absolute Gasteiger partial charge is 0.435 e. The highest BCUT2D eigenvalue weighted by Gasteiger charge is 2.26. The van der Waals surface area contributed by atoms with E-state index in [9.17, 15) is 13.6 Å². The van der Waals surface area contributed by atoms with E-state index in [4.69, 9.17) is 4.74 Å². The molecule has 35 heavy (non-hydrogen) atoms. The Hall–Kier alpha value is -4.05. The highest BCUT2D eigenvalue weighted by atomic mass is 19.3. The van der Waals surface area contributed by atoms with Gasteiger partial charge in [-0.2, -0.15) is 19.0 Å². The summed E-state index contributed by atoms with van der Waals surface area (Å²) in [6.07, 6.45) is 2.70. The molecule has 1 aliphatic rings. The number of H-pyrrole nitrogens is 1. The Kier molecular flexibility index (Phi) is 5.10. The van der Waals surface area contributed by atoms with Crippen LogP contribution in [0, 0.1) is 0 Å². The number of fused-ring (bicyclic) bond motifs is 2. The summed E-state index contributed by atoms with van der Waals surface area (Å²) in [5.74, 6) is 0.0903. The number of aromatic amines is 1. The number of hydrogen-bond acceptors (Lipinski definition) is 5. The van der Waals surface area contributed by atoms with Gasteiger partial charge in [0.2, 0.25) is 0 Å². The SMILES string of the molecule is Cn1cc2cc(-c3cc4n[nH]c([C@@H]5CCOC5)c4n(-c4ccc(OC(F)F)cc4)c3=O)ccc2n1. The van der Waals surface area contributed by atoms with Crippen molar-refractivity contribution in [2.24, 2.45) is 7.05 Å². The van der Waals surface area contributed by atoms with E-state index in [0.717, 1.165) is 28.6 Å². The molecule has 0 amide bonds. The average molecular weight is 477 g/mol. The third-order valence-electron chi connectivity index (χ3n) is 6.32. The molecule has 1 N–H and O–H groups in total. The smallest absolute Gasteiger partial charge is 0.387 e. The molecule has 0 spiro atoms. The van der Waals surface area contributed by atoms with Crippen molar-refractivity contribution in [3.63, 3.8) is 0 Å². The Bertz CT molecular complexity index is 1600. The van der Waals surface area contributed by atoms with Gasteiger partial charge in [-0.1, -0.05) is 6.07 Å². The minimum atomic E-state index is -2.93. The number of aryl methyl sites for hydroxylation is 1. The molecule has 178 valence electrons. The average Bonchev–Trinajstić information content (AvgIpc) is 3.57. The fourth-order valence-electron chi connectivity index (χ4n) is 4.71. The molecule has 4 heterocycles. The predicted molar refractivity (Wildman–Crippen MR) is 126 cm³/mol. The maximum atomic E-state index is 14.0. The minimum absolute atomic E-state index is 0.0165. The van der Waals surface area contributed by atoms with Gasteiger partial charge in [0.15, 0.2) is 0 Å². The number of ether oxygens (including phenoxy) is 2. The second-order valence-corrected chi connectivity index (χ2v) is 8.58. The fourth-order valence-corrected chi connectivity index (χ4v) is 4.71. The van der Waals surface area contributed by atoms with E-state index in [1.54, 1.807) is 27.4 Å². The van der Waals surface area contributed by atoms with E-state index < -0.39 is 6.61 Å². The number of pyridine rings is 1. The van der Waals surface area contributed by atoms with Gasteiger partial charge in [-0.15, -0.1) is 0 Å².